The number of carboxylic acids is 1. The maximum absolute atomic E-state index is 12.2. The van der Waals surface area contributed by atoms with Crippen LogP contribution in [0.2, 0.25) is 0 Å². The summed E-state index contributed by atoms with van der Waals surface area (Å²) >= 11 is 0. The number of aliphatic carboxylic acids is 1. The van der Waals surface area contributed by atoms with Crippen LogP contribution in [0.25, 0.3) is 0 Å². The lowest BCUT2D eigenvalue weighted by atomic mass is 9.76. The molecule has 0 saturated heterocycles. The molecule has 0 radical (unpaired) electrons. The van der Waals surface area contributed by atoms with Gasteiger partial charge in [0, 0.05) is 0 Å². The molecule has 0 aliphatic heterocycles. The fourth-order valence-electron chi connectivity index (χ4n) is 2.75. The molecule has 1 aliphatic carbocycles. The van der Waals surface area contributed by atoms with E-state index in [4.69, 9.17) is 10.2 Å². The minimum Gasteiger partial charge on any atom is -0.481 e. The van der Waals surface area contributed by atoms with Gasteiger partial charge in [-0.3, -0.25) is 4.79 Å². The molecular weight excluding hydrogens is 261 g/mol. The van der Waals surface area contributed by atoms with Gasteiger partial charge >= 0.3 is 12.1 Å². The van der Waals surface area contributed by atoms with Gasteiger partial charge in [-0.05, 0) is 24.7 Å². The van der Waals surface area contributed by atoms with Crippen LogP contribution in [0, 0.1) is 17.8 Å². The lowest BCUT2D eigenvalue weighted by molar-refractivity contribution is -0.209. The lowest BCUT2D eigenvalue weighted by Crippen LogP contribution is -2.32. The zero-order chi connectivity index (χ0) is 14.6. The molecule has 0 heterocycles. The second-order valence-corrected chi connectivity index (χ2v) is 5.65. The smallest absolute Gasteiger partial charge is 0.414 e. The molecule has 2 N–H and O–H groups in total. The van der Waals surface area contributed by atoms with Gasteiger partial charge in [-0.1, -0.05) is 32.6 Å². The van der Waals surface area contributed by atoms with E-state index in [-0.39, 0.29) is 18.3 Å². The number of carboxylic acid groups (broad SMARTS) is 1. The number of carbonyl (C=O) groups is 1. The van der Waals surface area contributed by atoms with E-state index >= 15 is 0 Å². The molecule has 2 atom stereocenters. The van der Waals surface area contributed by atoms with Crippen molar-refractivity contribution >= 4 is 5.97 Å². The van der Waals surface area contributed by atoms with Crippen molar-refractivity contribution in [3.8, 4) is 0 Å². The number of rotatable bonds is 5. The Labute approximate surface area is 110 Å². The summed E-state index contributed by atoms with van der Waals surface area (Å²) in [6.07, 6.45) is -3.61. The molecule has 0 aromatic heterocycles. The van der Waals surface area contributed by atoms with Crippen LogP contribution in [0.5, 0.6) is 0 Å². The van der Waals surface area contributed by atoms with Crippen molar-refractivity contribution in [3.05, 3.63) is 0 Å². The van der Waals surface area contributed by atoms with Gasteiger partial charge in [0.05, 0.1) is 5.92 Å². The molecule has 1 aliphatic rings. The second-order valence-electron chi connectivity index (χ2n) is 5.65. The Hall–Kier alpha value is -0.780. The summed E-state index contributed by atoms with van der Waals surface area (Å²) < 4.78 is 36.7. The Morgan fingerprint density at radius 3 is 1.95 bits per heavy atom. The van der Waals surface area contributed by atoms with E-state index in [1.54, 1.807) is 6.92 Å². The van der Waals surface area contributed by atoms with E-state index in [1.807, 2.05) is 0 Å². The largest absolute Gasteiger partial charge is 0.481 e. The molecule has 0 bridgehead atoms. The third-order valence-electron chi connectivity index (χ3n) is 4.01. The van der Waals surface area contributed by atoms with Gasteiger partial charge in [-0.2, -0.15) is 13.2 Å². The highest BCUT2D eigenvalue weighted by atomic mass is 19.4. The Kier molecular flexibility index (Phi) is 5.64. The Morgan fingerprint density at radius 1 is 1.16 bits per heavy atom. The quantitative estimate of drug-likeness (QED) is 0.814. The molecule has 2 unspecified atom stereocenters. The van der Waals surface area contributed by atoms with Gasteiger partial charge in [-0.25, -0.2) is 0 Å². The topological polar surface area (TPSA) is 57.5 Å². The van der Waals surface area contributed by atoms with Crippen LogP contribution in [0.1, 0.15) is 45.4 Å². The zero-order valence-corrected chi connectivity index (χ0v) is 11.0. The Balaban J connectivity index is 2.31. The van der Waals surface area contributed by atoms with Crippen LogP contribution in [0.4, 0.5) is 13.2 Å². The minimum atomic E-state index is -4.53. The molecule has 0 aromatic carbocycles. The van der Waals surface area contributed by atoms with Gasteiger partial charge in [0.15, 0.2) is 0 Å². The average molecular weight is 282 g/mol. The fraction of sp³-hybridized carbons (Fsp3) is 0.923. The predicted molar refractivity (Wildman–Crippen MR) is 63.5 cm³/mol. The molecule has 1 fully saturated rings. The van der Waals surface area contributed by atoms with Crippen molar-refractivity contribution < 1.29 is 28.2 Å². The van der Waals surface area contributed by atoms with Crippen LogP contribution in [-0.4, -0.2) is 28.5 Å². The first kappa shape index (κ1) is 16.3. The monoisotopic (exact) mass is 282 g/mol. The first-order valence-corrected chi connectivity index (χ1v) is 6.67. The van der Waals surface area contributed by atoms with E-state index in [1.165, 1.54) is 0 Å². The molecule has 112 valence electrons. The van der Waals surface area contributed by atoms with Gasteiger partial charge in [0.2, 0.25) is 0 Å². The normalized spacial score (nSPS) is 27.8. The van der Waals surface area contributed by atoms with E-state index in [9.17, 15) is 18.0 Å². The Bertz CT molecular complexity index is 296. The van der Waals surface area contributed by atoms with Crippen molar-refractivity contribution in [2.75, 3.05) is 0 Å². The number of halogens is 3. The lowest BCUT2D eigenvalue weighted by Gasteiger charge is -2.30. The summed E-state index contributed by atoms with van der Waals surface area (Å²) in [4.78, 5) is 10.7. The van der Waals surface area contributed by atoms with Gasteiger partial charge < -0.3 is 10.2 Å². The highest BCUT2D eigenvalue weighted by Crippen LogP contribution is 2.36. The molecule has 1 rings (SSSR count). The third-order valence-corrected chi connectivity index (χ3v) is 4.01. The highest BCUT2D eigenvalue weighted by Gasteiger charge is 2.40. The molecule has 0 amide bonds. The van der Waals surface area contributed by atoms with Crippen LogP contribution in [0.15, 0.2) is 0 Å². The summed E-state index contributed by atoms with van der Waals surface area (Å²) in [6, 6.07) is 0. The first-order chi connectivity index (χ1) is 8.70. The number of hydrogen-bond donors (Lipinski definition) is 2. The van der Waals surface area contributed by atoms with Crippen LogP contribution >= 0.6 is 0 Å². The molecule has 19 heavy (non-hydrogen) atoms. The van der Waals surface area contributed by atoms with Crippen LogP contribution in [0.3, 0.4) is 0 Å². The number of hydrogen-bond acceptors (Lipinski definition) is 2. The van der Waals surface area contributed by atoms with Crippen molar-refractivity contribution in [3.63, 3.8) is 0 Å². The molecule has 0 spiro atoms. The maximum atomic E-state index is 12.2. The van der Waals surface area contributed by atoms with Gasteiger partial charge in [-0.15, -0.1) is 0 Å². The van der Waals surface area contributed by atoms with E-state index in [2.05, 4.69) is 0 Å². The zero-order valence-electron chi connectivity index (χ0n) is 11.0. The molecule has 0 aromatic rings. The SMILES string of the molecule is CC(CC1CCC(CC(O)C(F)(F)F)CC1)C(=O)O. The third kappa shape index (κ3) is 5.38. The van der Waals surface area contributed by atoms with Crippen LogP contribution < -0.4 is 0 Å². The van der Waals surface area contributed by atoms with Gasteiger partial charge in [0.25, 0.3) is 0 Å². The molecule has 6 heteroatoms. The van der Waals surface area contributed by atoms with Crippen molar-refractivity contribution in [2.24, 2.45) is 17.8 Å². The average Bonchev–Trinajstić information content (AvgIpc) is 2.30. The van der Waals surface area contributed by atoms with E-state index in [0.29, 0.717) is 19.3 Å². The van der Waals surface area contributed by atoms with E-state index < -0.39 is 24.2 Å². The fourth-order valence-corrected chi connectivity index (χ4v) is 2.75. The van der Waals surface area contributed by atoms with Crippen molar-refractivity contribution in [1.82, 2.24) is 0 Å². The summed E-state index contributed by atoms with van der Waals surface area (Å²) in [7, 11) is 0. The van der Waals surface area contributed by atoms with Crippen LogP contribution in [-0.2, 0) is 4.79 Å². The van der Waals surface area contributed by atoms with E-state index in [0.717, 1.165) is 12.8 Å². The second kappa shape index (κ2) is 6.59. The summed E-state index contributed by atoms with van der Waals surface area (Å²) in [5.74, 6) is -1.05. The summed E-state index contributed by atoms with van der Waals surface area (Å²) in [5, 5.41) is 17.8. The minimum absolute atomic E-state index is 0.104. The summed E-state index contributed by atoms with van der Waals surface area (Å²) in [5.41, 5.74) is 0. The predicted octanol–water partition coefficient (Wildman–Crippen LogP) is 3.22. The first-order valence-electron chi connectivity index (χ1n) is 6.67. The van der Waals surface area contributed by atoms with Crippen molar-refractivity contribution in [1.29, 1.82) is 0 Å². The number of aliphatic hydroxyl groups excluding tert-OH is 1. The molecule has 3 nitrogen and oxygen atoms in total. The molecular formula is C13H21F3O3. The summed E-state index contributed by atoms with van der Waals surface area (Å²) in [6.45, 7) is 1.65. The highest BCUT2D eigenvalue weighted by molar-refractivity contribution is 5.69. The standard InChI is InChI=1S/C13H21F3O3/c1-8(12(18)19)6-9-2-4-10(5-3-9)7-11(17)13(14,15)16/h8-11,17H,2-7H2,1H3,(H,18,19). The number of alkyl halides is 3. The maximum Gasteiger partial charge on any atom is 0.414 e. The van der Waals surface area contributed by atoms with Crippen molar-refractivity contribution in [2.45, 2.75) is 57.7 Å². The molecule has 1 saturated carbocycles. The van der Waals surface area contributed by atoms with Gasteiger partial charge in [0.1, 0.15) is 6.10 Å². The number of aliphatic hydroxyl groups is 1. The Morgan fingerprint density at radius 2 is 1.58 bits per heavy atom.